The van der Waals surface area contributed by atoms with Crippen molar-refractivity contribution < 1.29 is 9.53 Å². The molecule has 2 aliphatic heterocycles. The highest BCUT2D eigenvalue weighted by molar-refractivity contribution is 5.92. The van der Waals surface area contributed by atoms with E-state index in [4.69, 9.17) is 4.74 Å². The van der Waals surface area contributed by atoms with Crippen LogP contribution in [0, 0.1) is 0 Å². The van der Waals surface area contributed by atoms with Crippen molar-refractivity contribution in [2.45, 2.75) is 26.2 Å². The van der Waals surface area contributed by atoms with Gasteiger partial charge in [-0.2, -0.15) is 0 Å². The van der Waals surface area contributed by atoms with Gasteiger partial charge in [0.25, 0.3) is 0 Å². The molecular formula is C12H17NO2. The number of hydrogen-bond acceptors (Lipinski definition) is 3. The van der Waals surface area contributed by atoms with Crippen molar-refractivity contribution in [3.05, 3.63) is 23.4 Å². The quantitative estimate of drug-likeness (QED) is 0.647. The molecule has 2 aliphatic rings. The number of carbonyl (C=O) groups excluding carboxylic acids is 1. The van der Waals surface area contributed by atoms with E-state index in [0.717, 1.165) is 25.1 Å². The Labute approximate surface area is 90.4 Å². The Morgan fingerprint density at radius 3 is 3.20 bits per heavy atom. The van der Waals surface area contributed by atoms with Gasteiger partial charge in [-0.3, -0.25) is 0 Å². The predicted octanol–water partition coefficient (Wildman–Crippen LogP) is 1.86. The summed E-state index contributed by atoms with van der Waals surface area (Å²) in [6.07, 6.45) is 7.38. The smallest absolute Gasteiger partial charge is 0.339 e. The molecule has 0 N–H and O–H groups in total. The largest absolute Gasteiger partial charge is 0.462 e. The molecule has 0 spiro atoms. The Morgan fingerprint density at radius 2 is 2.40 bits per heavy atom. The number of fused-ring (bicyclic) bond motifs is 1. The molecule has 0 amide bonds. The fourth-order valence-corrected chi connectivity index (χ4v) is 2.18. The summed E-state index contributed by atoms with van der Waals surface area (Å²) < 4.78 is 5.06. The van der Waals surface area contributed by atoms with Crippen LogP contribution in [0.15, 0.2) is 23.4 Å². The van der Waals surface area contributed by atoms with Gasteiger partial charge in [0.1, 0.15) is 0 Å². The van der Waals surface area contributed by atoms with Gasteiger partial charge in [-0.05, 0) is 32.3 Å². The van der Waals surface area contributed by atoms with Gasteiger partial charge in [-0.15, -0.1) is 0 Å². The van der Waals surface area contributed by atoms with Crippen molar-refractivity contribution in [1.82, 2.24) is 4.90 Å². The Balaban J connectivity index is 2.22. The third-order valence-corrected chi connectivity index (χ3v) is 2.89. The zero-order valence-electron chi connectivity index (χ0n) is 9.16. The molecule has 0 aliphatic carbocycles. The van der Waals surface area contributed by atoms with Crippen LogP contribution in [0.2, 0.25) is 0 Å². The van der Waals surface area contributed by atoms with Crippen molar-refractivity contribution in [2.75, 3.05) is 19.7 Å². The van der Waals surface area contributed by atoms with Crippen molar-refractivity contribution in [2.24, 2.45) is 0 Å². The molecule has 0 unspecified atom stereocenters. The van der Waals surface area contributed by atoms with Crippen LogP contribution in [-0.2, 0) is 9.53 Å². The van der Waals surface area contributed by atoms with Crippen molar-refractivity contribution in [3.8, 4) is 0 Å². The molecule has 0 saturated carbocycles. The summed E-state index contributed by atoms with van der Waals surface area (Å²) in [5, 5.41) is 0. The van der Waals surface area contributed by atoms with Crippen molar-refractivity contribution in [1.29, 1.82) is 0 Å². The number of allylic oxidation sites excluding steroid dienone is 1. The summed E-state index contributed by atoms with van der Waals surface area (Å²) in [5.41, 5.74) is 1.95. The molecule has 15 heavy (non-hydrogen) atoms. The number of nitrogens with zero attached hydrogens (tertiary/aromatic N) is 1. The molecule has 0 bridgehead atoms. The van der Waals surface area contributed by atoms with Crippen LogP contribution in [0.3, 0.4) is 0 Å². The average Bonchev–Trinajstić information content (AvgIpc) is 2.28. The summed E-state index contributed by atoms with van der Waals surface area (Å²) in [5.74, 6) is -0.171. The molecule has 0 aromatic heterocycles. The second kappa shape index (κ2) is 4.51. The lowest BCUT2D eigenvalue weighted by molar-refractivity contribution is -0.138. The first kappa shape index (κ1) is 10.3. The molecule has 0 radical (unpaired) electrons. The molecule has 3 nitrogen and oxygen atoms in total. The predicted molar refractivity (Wildman–Crippen MR) is 58.2 cm³/mol. The Kier molecular flexibility index (Phi) is 3.09. The molecule has 1 fully saturated rings. The van der Waals surface area contributed by atoms with E-state index >= 15 is 0 Å². The number of hydrogen-bond donors (Lipinski definition) is 0. The Hall–Kier alpha value is -1.25. The first-order valence-corrected chi connectivity index (χ1v) is 5.64. The number of carbonyl (C=O) groups is 1. The van der Waals surface area contributed by atoms with Crippen LogP contribution in [0.4, 0.5) is 0 Å². The molecular weight excluding hydrogens is 190 g/mol. The van der Waals surface area contributed by atoms with Crippen LogP contribution < -0.4 is 0 Å². The normalized spacial score (nSPS) is 20.2. The first-order valence-electron chi connectivity index (χ1n) is 5.64. The zero-order valence-corrected chi connectivity index (χ0v) is 9.16. The lowest BCUT2D eigenvalue weighted by Crippen LogP contribution is -2.32. The maximum atomic E-state index is 11.7. The molecule has 1 saturated heterocycles. The molecule has 0 aromatic carbocycles. The second-order valence-corrected chi connectivity index (χ2v) is 3.89. The van der Waals surface area contributed by atoms with Crippen LogP contribution >= 0.6 is 0 Å². The van der Waals surface area contributed by atoms with Gasteiger partial charge in [0, 0.05) is 18.8 Å². The minimum atomic E-state index is -0.171. The fraction of sp³-hybridized carbons (Fsp3) is 0.583. The highest BCUT2D eigenvalue weighted by atomic mass is 16.5. The van der Waals surface area contributed by atoms with Gasteiger partial charge in [0.05, 0.1) is 12.2 Å². The lowest BCUT2D eigenvalue weighted by atomic mass is 9.99. The third-order valence-electron chi connectivity index (χ3n) is 2.89. The van der Waals surface area contributed by atoms with E-state index in [-0.39, 0.29) is 5.97 Å². The molecule has 82 valence electrons. The van der Waals surface area contributed by atoms with Crippen LogP contribution in [-0.4, -0.2) is 30.6 Å². The van der Waals surface area contributed by atoms with Gasteiger partial charge in [-0.1, -0.05) is 6.08 Å². The minimum absolute atomic E-state index is 0.171. The van der Waals surface area contributed by atoms with Gasteiger partial charge >= 0.3 is 5.97 Å². The first-order chi connectivity index (χ1) is 7.33. The lowest BCUT2D eigenvalue weighted by Gasteiger charge is -2.34. The Bertz CT molecular complexity index is 318. The van der Waals surface area contributed by atoms with Gasteiger partial charge < -0.3 is 9.64 Å². The highest BCUT2D eigenvalue weighted by Gasteiger charge is 2.23. The van der Waals surface area contributed by atoms with Gasteiger partial charge in [-0.25, -0.2) is 4.79 Å². The van der Waals surface area contributed by atoms with E-state index in [1.54, 1.807) is 0 Å². The van der Waals surface area contributed by atoms with Crippen molar-refractivity contribution in [3.63, 3.8) is 0 Å². The molecule has 2 heterocycles. The van der Waals surface area contributed by atoms with Crippen molar-refractivity contribution >= 4 is 5.97 Å². The van der Waals surface area contributed by atoms with E-state index in [9.17, 15) is 4.79 Å². The summed E-state index contributed by atoms with van der Waals surface area (Å²) >= 11 is 0. The minimum Gasteiger partial charge on any atom is -0.462 e. The van der Waals surface area contributed by atoms with Crippen LogP contribution in [0.25, 0.3) is 0 Å². The maximum absolute atomic E-state index is 11.7. The number of esters is 1. The summed E-state index contributed by atoms with van der Waals surface area (Å²) in [6, 6.07) is 0. The average molecular weight is 207 g/mol. The summed E-state index contributed by atoms with van der Waals surface area (Å²) in [7, 11) is 0. The standard InChI is InChI=1S/C12H17NO2/c1-2-15-12(14)10-6-5-9-13-8-4-3-7-11(10)13/h5-6H,2-4,7-9H2,1H3. The SMILES string of the molecule is CCOC(=O)C1=C2CCCCN2CC=C1. The van der Waals surface area contributed by atoms with E-state index in [2.05, 4.69) is 4.90 Å². The fourth-order valence-electron chi connectivity index (χ4n) is 2.18. The Morgan fingerprint density at radius 1 is 1.53 bits per heavy atom. The van der Waals surface area contributed by atoms with Crippen LogP contribution in [0.1, 0.15) is 26.2 Å². The summed E-state index contributed by atoms with van der Waals surface area (Å²) in [4.78, 5) is 14.0. The number of ether oxygens (including phenoxy) is 1. The summed E-state index contributed by atoms with van der Waals surface area (Å²) in [6.45, 7) is 4.30. The second-order valence-electron chi connectivity index (χ2n) is 3.89. The third kappa shape index (κ3) is 2.06. The molecule has 2 rings (SSSR count). The maximum Gasteiger partial charge on any atom is 0.339 e. The monoisotopic (exact) mass is 207 g/mol. The number of piperidine rings is 1. The molecule has 3 heteroatoms. The van der Waals surface area contributed by atoms with E-state index in [1.165, 1.54) is 18.5 Å². The molecule has 0 aromatic rings. The highest BCUT2D eigenvalue weighted by Crippen LogP contribution is 2.27. The van der Waals surface area contributed by atoms with E-state index in [0.29, 0.717) is 6.61 Å². The van der Waals surface area contributed by atoms with E-state index < -0.39 is 0 Å². The number of rotatable bonds is 2. The van der Waals surface area contributed by atoms with Crippen LogP contribution in [0.5, 0.6) is 0 Å². The van der Waals surface area contributed by atoms with Gasteiger partial charge in [0.15, 0.2) is 0 Å². The zero-order chi connectivity index (χ0) is 10.7. The molecule has 0 atom stereocenters. The topological polar surface area (TPSA) is 29.5 Å². The van der Waals surface area contributed by atoms with E-state index in [1.807, 2.05) is 19.1 Å². The van der Waals surface area contributed by atoms with Gasteiger partial charge in [0.2, 0.25) is 0 Å².